The number of hydrogen-bond acceptors (Lipinski definition) is 3. The molecule has 21 heavy (non-hydrogen) atoms. The lowest BCUT2D eigenvalue weighted by atomic mass is 9.93. The zero-order valence-corrected chi connectivity index (χ0v) is 12.6. The molecular formula is C17H24N2O2. The first-order valence-corrected chi connectivity index (χ1v) is 7.91. The Morgan fingerprint density at radius 2 is 2.10 bits per heavy atom. The molecule has 2 N–H and O–H groups in total. The van der Waals surface area contributed by atoms with Crippen LogP contribution in [0, 0.1) is 5.92 Å². The van der Waals surface area contributed by atoms with Crippen molar-refractivity contribution in [1.82, 2.24) is 4.90 Å². The van der Waals surface area contributed by atoms with Crippen LogP contribution in [0.15, 0.2) is 30.3 Å². The van der Waals surface area contributed by atoms with Gasteiger partial charge in [0.1, 0.15) is 0 Å². The highest BCUT2D eigenvalue weighted by atomic mass is 16.5. The highest BCUT2D eigenvalue weighted by molar-refractivity contribution is 5.80. The Hall–Kier alpha value is -1.39. The summed E-state index contributed by atoms with van der Waals surface area (Å²) in [7, 11) is 0. The van der Waals surface area contributed by atoms with Crippen LogP contribution in [0.2, 0.25) is 0 Å². The van der Waals surface area contributed by atoms with E-state index in [0.717, 1.165) is 24.8 Å². The summed E-state index contributed by atoms with van der Waals surface area (Å²) in [4.78, 5) is 14.9. The molecule has 1 amide bonds. The van der Waals surface area contributed by atoms with Gasteiger partial charge in [0.25, 0.3) is 0 Å². The van der Waals surface area contributed by atoms with Gasteiger partial charge in [-0.15, -0.1) is 0 Å². The normalized spacial score (nSPS) is 28.0. The van der Waals surface area contributed by atoms with Gasteiger partial charge in [-0.05, 0) is 24.8 Å². The Balaban J connectivity index is 1.72. The molecule has 1 aliphatic carbocycles. The van der Waals surface area contributed by atoms with E-state index in [0.29, 0.717) is 13.2 Å². The van der Waals surface area contributed by atoms with Crippen molar-refractivity contribution in [3.63, 3.8) is 0 Å². The Morgan fingerprint density at radius 1 is 1.33 bits per heavy atom. The number of fused-ring (bicyclic) bond motifs is 1. The van der Waals surface area contributed by atoms with Crippen molar-refractivity contribution in [2.45, 2.75) is 44.4 Å². The molecule has 4 nitrogen and oxygen atoms in total. The quantitative estimate of drug-likeness (QED) is 0.926. The summed E-state index contributed by atoms with van der Waals surface area (Å²) in [6.07, 6.45) is 3.53. The molecule has 1 saturated heterocycles. The van der Waals surface area contributed by atoms with Crippen molar-refractivity contribution < 1.29 is 9.53 Å². The van der Waals surface area contributed by atoms with Crippen molar-refractivity contribution in [1.29, 1.82) is 0 Å². The third-order valence-electron chi connectivity index (χ3n) is 4.88. The topological polar surface area (TPSA) is 55.6 Å². The van der Waals surface area contributed by atoms with Crippen LogP contribution in [0.5, 0.6) is 0 Å². The molecule has 0 aromatic heterocycles. The number of morpholine rings is 1. The fourth-order valence-electron chi connectivity index (χ4n) is 3.58. The zero-order valence-electron chi connectivity index (χ0n) is 12.6. The molecule has 4 unspecified atom stereocenters. The maximum absolute atomic E-state index is 12.8. The molecule has 0 radical (unpaired) electrons. The van der Waals surface area contributed by atoms with Crippen molar-refractivity contribution >= 4 is 5.91 Å². The number of ether oxygens (including phenoxy) is 1. The maximum atomic E-state index is 12.8. The van der Waals surface area contributed by atoms with Crippen LogP contribution < -0.4 is 5.73 Å². The zero-order chi connectivity index (χ0) is 14.8. The predicted octanol–water partition coefficient (Wildman–Crippen LogP) is 2.10. The number of benzene rings is 1. The Bertz CT molecular complexity index is 491. The smallest absolute Gasteiger partial charge is 0.227 e. The van der Waals surface area contributed by atoms with Crippen LogP contribution >= 0.6 is 0 Å². The van der Waals surface area contributed by atoms with E-state index in [9.17, 15) is 4.79 Å². The molecule has 2 aliphatic rings. The fraction of sp³-hybridized carbons (Fsp3) is 0.588. The number of nitrogens with two attached hydrogens (primary N) is 1. The molecule has 1 aromatic carbocycles. The molecule has 1 aromatic rings. The van der Waals surface area contributed by atoms with Crippen molar-refractivity contribution in [2.24, 2.45) is 11.7 Å². The van der Waals surface area contributed by atoms with Gasteiger partial charge in [-0.3, -0.25) is 4.79 Å². The van der Waals surface area contributed by atoms with Gasteiger partial charge >= 0.3 is 0 Å². The molecule has 2 fully saturated rings. The van der Waals surface area contributed by atoms with E-state index in [1.807, 2.05) is 42.2 Å². The predicted molar refractivity (Wildman–Crippen MR) is 81.6 cm³/mol. The average molecular weight is 288 g/mol. The summed E-state index contributed by atoms with van der Waals surface area (Å²) in [5.41, 5.74) is 7.33. The third-order valence-corrected chi connectivity index (χ3v) is 4.88. The first-order chi connectivity index (χ1) is 10.2. The largest absolute Gasteiger partial charge is 0.374 e. The first-order valence-electron chi connectivity index (χ1n) is 7.91. The standard InChI is InChI=1S/C17H24N2O2/c1-12(16(18)13-6-3-2-4-7-13)17(20)19-10-11-21-15-9-5-8-14(15)19/h2-4,6-7,12,14-16H,5,8-11,18H2,1H3. The van der Waals surface area contributed by atoms with E-state index < -0.39 is 0 Å². The lowest BCUT2D eigenvalue weighted by Crippen LogP contribution is -2.53. The first kappa shape index (κ1) is 14.5. The summed E-state index contributed by atoms with van der Waals surface area (Å²) < 4.78 is 5.78. The molecule has 1 heterocycles. The van der Waals surface area contributed by atoms with Crippen molar-refractivity contribution in [3.8, 4) is 0 Å². The lowest BCUT2D eigenvalue weighted by Gasteiger charge is -2.39. The average Bonchev–Trinajstić information content (AvgIpc) is 3.02. The molecule has 0 spiro atoms. The lowest BCUT2D eigenvalue weighted by molar-refractivity contribution is -0.148. The molecule has 4 atom stereocenters. The maximum Gasteiger partial charge on any atom is 0.227 e. The monoisotopic (exact) mass is 288 g/mol. The molecule has 1 saturated carbocycles. The van der Waals surface area contributed by atoms with Gasteiger partial charge in [-0.1, -0.05) is 37.3 Å². The number of amides is 1. The van der Waals surface area contributed by atoms with Gasteiger partial charge in [-0.2, -0.15) is 0 Å². The van der Waals surface area contributed by atoms with Gasteiger partial charge in [0, 0.05) is 12.6 Å². The number of nitrogens with zero attached hydrogens (tertiary/aromatic N) is 1. The summed E-state index contributed by atoms with van der Waals surface area (Å²) in [6, 6.07) is 9.90. The van der Waals surface area contributed by atoms with Gasteiger partial charge in [0.2, 0.25) is 5.91 Å². The molecular weight excluding hydrogens is 264 g/mol. The van der Waals surface area contributed by atoms with Crippen LogP contribution in [-0.2, 0) is 9.53 Å². The van der Waals surface area contributed by atoms with E-state index in [4.69, 9.17) is 10.5 Å². The van der Waals surface area contributed by atoms with Gasteiger partial charge in [0.05, 0.1) is 24.7 Å². The minimum atomic E-state index is -0.249. The van der Waals surface area contributed by atoms with Crippen LogP contribution in [0.1, 0.15) is 37.8 Å². The fourth-order valence-corrected chi connectivity index (χ4v) is 3.58. The minimum absolute atomic E-state index is 0.173. The van der Waals surface area contributed by atoms with E-state index in [-0.39, 0.29) is 30.0 Å². The summed E-state index contributed by atoms with van der Waals surface area (Å²) >= 11 is 0. The molecule has 3 rings (SSSR count). The second kappa shape index (κ2) is 6.16. The van der Waals surface area contributed by atoms with Crippen molar-refractivity contribution in [2.75, 3.05) is 13.2 Å². The summed E-state index contributed by atoms with van der Waals surface area (Å²) in [5, 5.41) is 0. The Labute approximate surface area is 126 Å². The van der Waals surface area contributed by atoms with Crippen molar-refractivity contribution in [3.05, 3.63) is 35.9 Å². The molecule has 0 bridgehead atoms. The van der Waals surface area contributed by atoms with Gasteiger partial charge in [-0.25, -0.2) is 0 Å². The molecule has 114 valence electrons. The number of rotatable bonds is 3. The van der Waals surface area contributed by atoms with Gasteiger partial charge in [0.15, 0.2) is 0 Å². The minimum Gasteiger partial charge on any atom is -0.374 e. The second-order valence-corrected chi connectivity index (χ2v) is 6.16. The van der Waals surface area contributed by atoms with E-state index in [2.05, 4.69) is 0 Å². The highest BCUT2D eigenvalue weighted by Gasteiger charge is 2.40. The Morgan fingerprint density at radius 3 is 2.86 bits per heavy atom. The molecule has 1 aliphatic heterocycles. The number of hydrogen-bond donors (Lipinski definition) is 1. The highest BCUT2D eigenvalue weighted by Crippen LogP contribution is 2.32. The second-order valence-electron chi connectivity index (χ2n) is 6.16. The third kappa shape index (κ3) is 2.83. The van der Waals surface area contributed by atoms with E-state index in [1.165, 1.54) is 0 Å². The number of carbonyl (C=O) groups is 1. The van der Waals surface area contributed by atoms with Crippen LogP contribution in [0.3, 0.4) is 0 Å². The molecule has 4 heteroatoms. The van der Waals surface area contributed by atoms with Crippen LogP contribution in [0.25, 0.3) is 0 Å². The van der Waals surface area contributed by atoms with Gasteiger partial charge < -0.3 is 15.4 Å². The Kier molecular flexibility index (Phi) is 4.27. The van der Waals surface area contributed by atoms with E-state index >= 15 is 0 Å². The van der Waals surface area contributed by atoms with Crippen LogP contribution in [0.4, 0.5) is 0 Å². The van der Waals surface area contributed by atoms with E-state index in [1.54, 1.807) is 0 Å². The van der Waals surface area contributed by atoms with Crippen LogP contribution in [-0.4, -0.2) is 36.1 Å². The summed E-state index contributed by atoms with van der Waals surface area (Å²) in [6.45, 7) is 3.30. The number of carbonyl (C=O) groups excluding carboxylic acids is 1. The summed E-state index contributed by atoms with van der Waals surface area (Å²) in [5.74, 6) is -0.0293. The SMILES string of the molecule is CC(C(=O)N1CCOC2CCCC21)C(N)c1ccccc1.